The summed E-state index contributed by atoms with van der Waals surface area (Å²) in [6, 6.07) is 9.10. The van der Waals surface area contributed by atoms with Crippen LogP contribution in [-0.2, 0) is 0 Å². The molecule has 2 aliphatic rings. The van der Waals surface area contributed by atoms with Crippen molar-refractivity contribution in [1.82, 2.24) is 4.90 Å². The summed E-state index contributed by atoms with van der Waals surface area (Å²) in [6.45, 7) is 4.30. The molecule has 1 aromatic carbocycles. The van der Waals surface area contributed by atoms with Gasteiger partial charge in [0.25, 0.3) is 0 Å². The summed E-state index contributed by atoms with van der Waals surface area (Å²) in [6.07, 6.45) is 5.10. The molecule has 110 valence electrons. The van der Waals surface area contributed by atoms with E-state index in [9.17, 15) is 0 Å². The Morgan fingerprint density at radius 1 is 1.00 bits per heavy atom. The molecule has 2 N–H and O–H groups in total. The fourth-order valence-electron chi connectivity index (χ4n) is 3.60. The molecule has 1 saturated heterocycles. The smallest absolute Gasteiger partial charge is 0.0639 e. The molecule has 1 heterocycles. The van der Waals surface area contributed by atoms with E-state index < -0.39 is 0 Å². The molecule has 2 atom stereocenters. The molecule has 1 saturated carbocycles. The Morgan fingerprint density at radius 2 is 1.70 bits per heavy atom. The van der Waals surface area contributed by atoms with Crippen LogP contribution in [0.25, 0.3) is 0 Å². The van der Waals surface area contributed by atoms with Gasteiger partial charge < -0.3 is 10.6 Å². The Morgan fingerprint density at radius 3 is 2.40 bits per heavy atom. The quantitative estimate of drug-likeness (QED) is 0.910. The minimum atomic E-state index is 0.371. The van der Waals surface area contributed by atoms with Crippen molar-refractivity contribution in [1.29, 1.82) is 0 Å². The lowest BCUT2D eigenvalue weighted by Crippen LogP contribution is -2.56. The van der Waals surface area contributed by atoms with E-state index in [0.29, 0.717) is 12.1 Å². The number of nitrogens with two attached hydrogens (primary N) is 1. The van der Waals surface area contributed by atoms with Gasteiger partial charge in [-0.3, -0.25) is 4.90 Å². The van der Waals surface area contributed by atoms with E-state index in [-0.39, 0.29) is 0 Å². The minimum Gasteiger partial charge on any atom is -0.368 e. The zero-order valence-electron chi connectivity index (χ0n) is 12.0. The van der Waals surface area contributed by atoms with Crippen molar-refractivity contribution in [3.63, 3.8) is 0 Å². The van der Waals surface area contributed by atoms with Gasteiger partial charge in [-0.25, -0.2) is 0 Å². The van der Waals surface area contributed by atoms with Crippen LogP contribution < -0.4 is 10.6 Å². The number of rotatable bonds is 2. The van der Waals surface area contributed by atoms with Gasteiger partial charge in [0.2, 0.25) is 0 Å². The Hall–Kier alpha value is -0.770. The Bertz CT molecular complexity index is 443. The predicted octanol–water partition coefficient (Wildman–Crippen LogP) is 2.73. The van der Waals surface area contributed by atoms with Crippen molar-refractivity contribution < 1.29 is 0 Å². The van der Waals surface area contributed by atoms with Gasteiger partial charge in [-0.1, -0.05) is 36.6 Å². The van der Waals surface area contributed by atoms with Crippen LogP contribution in [0.3, 0.4) is 0 Å². The van der Waals surface area contributed by atoms with E-state index in [1.165, 1.54) is 31.4 Å². The van der Waals surface area contributed by atoms with Crippen LogP contribution in [0.5, 0.6) is 0 Å². The molecule has 3 nitrogen and oxygen atoms in total. The first-order chi connectivity index (χ1) is 9.75. The monoisotopic (exact) mass is 293 g/mol. The summed E-state index contributed by atoms with van der Waals surface area (Å²) >= 11 is 6.29. The van der Waals surface area contributed by atoms with Gasteiger partial charge in [-0.2, -0.15) is 0 Å². The number of benzene rings is 1. The lowest BCUT2D eigenvalue weighted by atomic mass is 9.89. The van der Waals surface area contributed by atoms with Crippen LogP contribution in [0.2, 0.25) is 5.02 Å². The SMILES string of the molecule is NC1CCCCC1N1CCN(c2ccccc2Cl)CC1. The normalized spacial score (nSPS) is 28.6. The van der Waals surface area contributed by atoms with Gasteiger partial charge in [-0.05, 0) is 25.0 Å². The third-order valence-electron chi connectivity index (χ3n) is 4.76. The fourth-order valence-corrected chi connectivity index (χ4v) is 3.85. The van der Waals surface area contributed by atoms with Crippen molar-refractivity contribution in [2.24, 2.45) is 5.73 Å². The van der Waals surface area contributed by atoms with Crippen LogP contribution in [0.4, 0.5) is 5.69 Å². The first kappa shape index (κ1) is 14.2. The molecule has 4 heteroatoms. The average molecular weight is 294 g/mol. The van der Waals surface area contributed by atoms with E-state index in [1.807, 2.05) is 12.1 Å². The molecule has 1 aromatic rings. The summed E-state index contributed by atoms with van der Waals surface area (Å²) < 4.78 is 0. The summed E-state index contributed by atoms with van der Waals surface area (Å²) in [5.74, 6) is 0. The first-order valence-corrected chi connectivity index (χ1v) is 8.12. The van der Waals surface area contributed by atoms with Crippen molar-refractivity contribution in [3.05, 3.63) is 29.3 Å². The highest BCUT2D eigenvalue weighted by Gasteiger charge is 2.30. The highest BCUT2D eigenvalue weighted by atomic mass is 35.5. The molecule has 0 spiro atoms. The molecule has 1 aliphatic heterocycles. The standard InChI is InChI=1S/C16H24ClN3/c17-13-5-1-3-7-15(13)19-9-11-20(12-10-19)16-8-4-2-6-14(16)18/h1,3,5,7,14,16H,2,4,6,8-12,18H2. The average Bonchev–Trinajstić information content (AvgIpc) is 2.49. The second-order valence-corrected chi connectivity index (χ2v) is 6.40. The molecule has 3 rings (SSSR count). The van der Waals surface area contributed by atoms with Crippen LogP contribution >= 0.6 is 11.6 Å². The molecular formula is C16H24ClN3. The largest absolute Gasteiger partial charge is 0.368 e. The second-order valence-electron chi connectivity index (χ2n) is 5.99. The van der Waals surface area contributed by atoms with Crippen molar-refractivity contribution in [2.75, 3.05) is 31.1 Å². The molecule has 0 amide bonds. The zero-order chi connectivity index (χ0) is 13.9. The van der Waals surface area contributed by atoms with Crippen molar-refractivity contribution in [3.8, 4) is 0 Å². The topological polar surface area (TPSA) is 32.5 Å². The predicted molar refractivity (Wildman–Crippen MR) is 85.5 cm³/mol. The number of hydrogen-bond acceptors (Lipinski definition) is 3. The van der Waals surface area contributed by atoms with E-state index in [1.54, 1.807) is 0 Å². The van der Waals surface area contributed by atoms with Gasteiger partial charge in [0.15, 0.2) is 0 Å². The van der Waals surface area contributed by atoms with Gasteiger partial charge in [0, 0.05) is 38.3 Å². The first-order valence-electron chi connectivity index (χ1n) is 7.75. The lowest BCUT2D eigenvalue weighted by molar-refractivity contribution is 0.130. The van der Waals surface area contributed by atoms with E-state index in [2.05, 4.69) is 21.9 Å². The molecule has 2 unspecified atom stereocenters. The number of halogens is 1. The summed E-state index contributed by atoms with van der Waals surface area (Å²) in [4.78, 5) is 4.99. The fraction of sp³-hybridized carbons (Fsp3) is 0.625. The Kier molecular flexibility index (Phi) is 4.49. The Labute approximate surface area is 126 Å². The number of para-hydroxylation sites is 1. The molecule has 2 fully saturated rings. The molecule has 1 aliphatic carbocycles. The molecule has 0 aromatic heterocycles. The van der Waals surface area contributed by atoms with Crippen molar-refractivity contribution in [2.45, 2.75) is 37.8 Å². The number of hydrogen-bond donors (Lipinski definition) is 1. The summed E-state index contributed by atoms with van der Waals surface area (Å²) in [7, 11) is 0. The number of piperazine rings is 1. The Balaban J connectivity index is 1.61. The summed E-state index contributed by atoms with van der Waals surface area (Å²) in [5.41, 5.74) is 7.47. The van der Waals surface area contributed by atoms with E-state index in [0.717, 1.165) is 31.2 Å². The third kappa shape index (κ3) is 2.95. The zero-order valence-corrected chi connectivity index (χ0v) is 12.7. The van der Waals surface area contributed by atoms with Crippen LogP contribution in [-0.4, -0.2) is 43.2 Å². The van der Waals surface area contributed by atoms with Gasteiger partial charge in [0.1, 0.15) is 0 Å². The highest BCUT2D eigenvalue weighted by Crippen LogP contribution is 2.28. The maximum absolute atomic E-state index is 6.30. The third-order valence-corrected chi connectivity index (χ3v) is 5.08. The highest BCUT2D eigenvalue weighted by molar-refractivity contribution is 6.33. The van der Waals surface area contributed by atoms with Gasteiger partial charge in [-0.15, -0.1) is 0 Å². The second kappa shape index (κ2) is 6.33. The maximum Gasteiger partial charge on any atom is 0.0639 e. The number of anilines is 1. The maximum atomic E-state index is 6.30. The van der Waals surface area contributed by atoms with Crippen LogP contribution in [0.1, 0.15) is 25.7 Å². The van der Waals surface area contributed by atoms with Gasteiger partial charge >= 0.3 is 0 Å². The molecule has 0 radical (unpaired) electrons. The lowest BCUT2D eigenvalue weighted by Gasteiger charge is -2.44. The molecular weight excluding hydrogens is 270 g/mol. The van der Waals surface area contributed by atoms with E-state index >= 15 is 0 Å². The van der Waals surface area contributed by atoms with E-state index in [4.69, 9.17) is 17.3 Å². The van der Waals surface area contributed by atoms with Crippen LogP contribution in [0.15, 0.2) is 24.3 Å². The molecule has 20 heavy (non-hydrogen) atoms. The molecule has 0 bridgehead atoms. The van der Waals surface area contributed by atoms with Crippen LogP contribution in [0, 0.1) is 0 Å². The van der Waals surface area contributed by atoms with Crippen molar-refractivity contribution >= 4 is 17.3 Å². The van der Waals surface area contributed by atoms with Gasteiger partial charge in [0.05, 0.1) is 10.7 Å². The number of nitrogens with zero attached hydrogens (tertiary/aromatic N) is 2. The summed E-state index contributed by atoms with van der Waals surface area (Å²) in [5, 5.41) is 0.857. The minimum absolute atomic E-state index is 0.371.